The molecule has 2 heteroatoms. The average Bonchev–Trinajstić information content (AvgIpc) is 2.17. The van der Waals surface area contributed by atoms with E-state index in [0.717, 1.165) is 17.5 Å². The number of aryl methyl sites for hydroxylation is 1. The molecule has 0 spiro atoms. The smallest absolute Gasteiger partial charge is 0.163 e. The van der Waals surface area contributed by atoms with E-state index < -0.39 is 0 Å². The van der Waals surface area contributed by atoms with E-state index in [-0.39, 0.29) is 5.78 Å². The number of Topliss-reactive ketones (excluding diaryl/α,β-unsaturated/α-hetero) is 1. The van der Waals surface area contributed by atoms with Gasteiger partial charge < -0.3 is 5.73 Å². The summed E-state index contributed by atoms with van der Waals surface area (Å²) in [7, 11) is 0. The Hall–Kier alpha value is -1.31. The van der Waals surface area contributed by atoms with Gasteiger partial charge >= 0.3 is 0 Å². The summed E-state index contributed by atoms with van der Waals surface area (Å²) in [6, 6.07) is 5.47. The highest BCUT2D eigenvalue weighted by Gasteiger charge is 2.12. The fourth-order valence-corrected chi connectivity index (χ4v) is 1.57. The Morgan fingerprint density at radius 1 is 1.47 bits per heavy atom. The second kappa shape index (κ2) is 4.96. The maximum absolute atomic E-state index is 11.9. The van der Waals surface area contributed by atoms with Crippen LogP contribution in [0.25, 0.3) is 0 Å². The molecular formula is C13H19NO. The highest BCUT2D eigenvalue weighted by Crippen LogP contribution is 2.17. The molecule has 0 saturated carbocycles. The molecule has 0 heterocycles. The van der Waals surface area contributed by atoms with Gasteiger partial charge in [0.2, 0.25) is 0 Å². The van der Waals surface area contributed by atoms with Crippen LogP contribution in [0.5, 0.6) is 0 Å². The quantitative estimate of drug-likeness (QED) is 0.606. The van der Waals surface area contributed by atoms with Gasteiger partial charge in [0.25, 0.3) is 0 Å². The average molecular weight is 205 g/mol. The van der Waals surface area contributed by atoms with Gasteiger partial charge in [-0.25, -0.2) is 0 Å². The zero-order valence-corrected chi connectivity index (χ0v) is 9.71. The van der Waals surface area contributed by atoms with E-state index in [4.69, 9.17) is 5.73 Å². The van der Waals surface area contributed by atoms with Gasteiger partial charge in [0.1, 0.15) is 0 Å². The van der Waals surface area contributed by atoms with Crippen molar-refractivity contribution < 1.29 is 4.79 Å². The van der Waals surface area contributed by atoms with E-state index in [2.05, 4.69) is 13.8 Å². The van der Waals surface area contributed by atoms with Crippen molar-refractivity contribution in [3.8, 4) is 0 Å². The second-order valence-corrected chi connectivity index (χ2v) is 4.22. The number of anilines is 1. The third kappa shape index (κ3) is 3.08. The van der Waals surface area contributed by atoms with Crippen LogP contribution in [0.2, 0.25) is 0 Å². The maximum atomic E-state index is 11.9. The van der Waals surface area contributed by atoms with Crippen molar-refractivity contribution in [1.29, 1.82) is 0 Å². The molecule has 1 atom stereocenters. The molecule has 0 aliphatic heterocycles. The van der Waals surface area contributed by atoms with Crippen LogP contribution in [-0.4, -0.2) is 5.78 Å². The number of rotatable bonds is 4. The Bertz CT molecular complexity index is 358. The van der Waals surface area contributed by atoms with Crippen LogP contribution in [0.1, 0.15) is 42.6 Å². The SMILES string of the molecule is CCC(C)CC(=O)c1ccc(N)cc1C. The summed E-state index contributed by atoms with van der Waals surface area (Å²) in [5, 5.41) is 0. The third-order valence-corrected chi connectivity index (χ3v) is 2.78. The lowest BCUT2D eigenvalue weighted by Crippen LogP contribution is -2.07. The number of carbonyl (C=O) groups is 1. The Morgan fingerprint density at radius 3 is 2.67 bits per heavy atom. The summed E-state index contributed by atoms with van der Waals surface area (Å²) in [4.78, 5) is 11.9. The highest BCUT2D eigenvalue weighted by atomic mass is 16.1. The molecule has 1 aromatic carbocycles. The van der Waals surface area contributed by atoms with Crippen molar-refractivity contribution in [3.63, 3.8) is 0 Å². The zero-order chi connectivity index (χ0) is 11.4. The first-order valence-corrected chi connectivity index (χ1v) is 5.44. The summed E-state index contributed by atoms with van der Waals surface area (Å²) in [6.45, 7) is 6.14. The molecule has 0 radical (unpaired) electrons. The first-order chi connectivity index (χ1) is 7.04. The lowest BCUT2D eigenvalue weighted by atomic mass is 9.95. The first-order valence-electron chi connectivity index (χ1n) is 5.44. The summed E-state index contributed by atoms with van der Waals surface area (Å²) in [5.74, 6) is 0.677. The summed E-state index contributed by atoms with van der Waals surface area (Å²) >= 11 is 0. The molecular weight excluding hydrogens is 186 g/mol. The number of hydrogen-bond acceptors (Lipinski definition) is 2. The molecule has 82 valence electrons. The predicted octanol–water partition coefficient (Wildman–Crippen LogP) is 3.20. The van der Waals surface area contributed by atoms with E-state index in [0.29, 0.717) is 18.0 Å². The number of ketones is 1. The molecule has 2 N–H and O–H groups in total. The Kier molecular flexibility index (Phi) is 3.89. The molecule has 0 fully saturated rings. The molecule has 0 aliphatic rings. The summed E-state index contributed by atoms with van der Waals surface area (Å²) in [5.41, 5.74) is 8.14. The fourth-order valence-electron chi connectivity index (χ4n) is 1.57. The van der Waals surface area contributed by atoms with E-state index in [9.17, 15) is 4.79 Å². The van der Waals surface area contributed by atoms with Crippen LogP contribution in [-0.2, 0) is 0 Å². The molecule has 0 amide bonds. The lowest BCUT2D eigenvalue weighted by Gasteiger charge is -2.09. The lowest BCUT2D eigenvalue weighted by molar-refractivity contribution is 0.0963. The van der Waals surface area contributed by atoms with Gasteiger partial charge in [-0.2, -0.15) is 0 Å². The molecule has 1 rings (SSSR count). The van der Waals surface area contributed by atoms with Crippen LogP contribution in [0.3, 0.4) is 0 Å². The predicted molar refractivity (Wildman–Crippen MR) is 64.0 cm³/mol. The molecule has 0 bridgehead atoms. The topological polar surface area (TPSA) is 43.1 Å². The Balaban J connectivity index is 2.82. The van der Waals surface area contributed by atoms with E-state index in [1.54, 1.807) is 6.07 Å². The van der Waals surface area contributed by atoms with Gasteiger partial charge in [0, 0.05) is 17.7 Å². The minimum atomic E-state index is 0.224. The van der Waals surface area contributed by atoms with Crippen molar-refractivity contribution in [1.82, 2.24) is 0 Å². The standard InChI is InChI=1S/C13H19NO/c1-4-9(2)7-13(15)12-6-5-11(14)8-10(12)3/h5-6,8-9H,4,7,14H2,1-3H3. The molecule has 0 aromatic heterocycles. The van der Waals surface area contributed by atoms with Crippen molar-refractivity contribution in [3.05, 3.63) is 29.3 Å². The number of nitrogen functional groups attached to an aromatic ring is 1. The minimum absolute atomic E-state index is 0.224. The number of hydrogen-bond donors (Lipinski definition) is 1. The Morgan fingerprint density at radius 2 is 2.13 bits per heavy atom. The zero-order valence-electron chi connectivity index (χ0n) is 9.71. The van der Waals surface area contributed by atoms with Crippen LogP contribution in [0.15, 0.2) is 18.2 Å². The fraction of sp³-hybridized carbons (Fsp3) is 0.462. The van der Waals surface area contributed by atoms with Gasteiger partial charge in [0.15, 0.2) is 5.78 Å². The molecule has 0 saturated heterocycles. The molecule has 2 nitrogen and oxygen atoms in total. The van der Waals surface area contributed by atoms with Gasteiger partial charge in [0.05, 0.1) is 0 Å². The first kappa shape index (κ1) is 11.8. The monoisotopic (exact) mass is 205 g/mol. The van der Waals surface area contributed by atoms with E-state index in [1.165, 1.54) is 0 Å². The van der Waals surface area contributed by atoms with Crippen molar-refractivity contribution in [2.75, 3.05) is 5.73 Å². The van der Waals surface area contributed by atoms with Gasteiger partial charge in [-0.05, 0) is 36.6 Å². The van der Waals surface area contributed by atoms with E-state index in [1.807, 2.05) is 19.1 Å². The van der Waals surface area contributed by atoms with Crippen LogP contribution < -0.4 is 5.73 Å². The van der Waals surface area contributed by atoms with Gasteiger partial charge in [-0.15, -0.1) is 0 Å². The molecule has 0 aliphatic carbocycles. The van der Waals surface area contributed by atoms with Crippen molar-refractivity contribution in [2.24, 2.45) is 5.92 Å². The Labute approximate surface area is 91.5 Å². The van der Waals surface area contributed by atoms with Crippen LogP contribution >= 0.6 is 0 Å². The molecule has 1 aromatic rings. The van der Waals surface area contributed by atoms with Crippen molar-refractivity contribution >= 4 is 11.5 Å². The van der Waals surface area contributed by atoms with Crippen molar-refractivity contribution in [2.45, 2.75) is 33.6 Å². The van der Waals surface area contributed by atoms with Gasteiger partial charge in [-0.1, -0.05) is 20.3 Å². The summed E-state index contributed by atoms with van der Waals surface area (Å²) in [6.07, 6.45) is 1.67. The number of carbonyl (C=O) groups excluding carboxylic acids is 1. The van der Waals surface area contributed by atoms with Crippen LogP contribution in [0, 0.1) is 12.8 Å². The largest absolute Gasteiger partial charge is 0.399 e. The normalized spacial score (nSPS) is 12.5. The maximum Gasteiger partial charge on any atom is 0.163 e. The summed E-state index contributed by atoms with van der Waals surface area (Å²) < 4.78 is 0. The minimum Gasteiger partial charge on any atom is -0.399 e. The highest BCUT2D eigenvalue weighted by molar-refractivity contribution is 5.97. The third-order valence-electron chi connectivity index (χ3n) is 2.78. The van der Waals surface area contributed by atoms with E-state index >= 15 is 0 Å². The molecule has 15 heavy (non-hydrogen) atoms. The van der Waals surface area contributed by atoms with Gasteiger partial charge in [-0.3, -0.25) is 4.79 Å². The second-order valence-electron chi connectivity index (χ2n) is 4.22. The molecule has 1 unspecified atom stereocenters. The number of nitrogens with two attached hydrogens (primary N) is 1. The number of benzene rings is 1. The van der Waals surface area contributed by atoms with Crippen LogP contribution in [0.4, 0.5) is 5.69 Å².